The lowest BCUT2D eigenvalue weighted by Crippen LogP contribution is -2.59. The van der Waals surface area contributed by atoms with Crippen molar-refractivity contribution in [2.75, 3.05) is 13.1 Å². The minimum absolute atomic E-state index is 0.215. The van der Waals surface area contributed by atoms with Gasteiger partial charge < -0.3 is 4.74 Å². The fourth-order valence-electron chi connectivity index (χ4n) is 5.29. The Morgan fingerprint density at radius 2 is 1.66 bits per heavy atom. The fourth-order valence-corrected chi connectivity index (χ4v) is 5.67. The third-order valence-corrected chi connectivity index (χ3v) is 7.45. The zero-order valence-corrected chi connectivity index (χ0v) is 19.5. The van der Waals surface area contributed by atoms with E-state index < -0.39 is 0 Å². The van der Waals surface area contributed by atoms with Crippen LogP contribution in [0.4, 0.5) is 0 Å². The monoisotopic (exact) mass is 487 g/mol. The molecule has 0 amide bonds. The van der Waals surface area contributed by atoms with Gasteiger partial charge in [-0.3, -0.25) is 4.90 Å². The van der Waals surface area contributed by atoms with E-state index in [1.54, 1.807) is 0 Å². The summed E-state index contributed by atoms with van der Waals surface area (Å²) < 4.78 is 7.87. The van der Waals surface area contributed by atoms with Crippen LogP contribution in [0.15, 0.2) is 88.4 Å². The largest absolute Gasteiger partial charge is 0.466 e. The summed E-state index contributed by atoms with van der Waals surface area (Å²) in [4.78, 5) is 2.54. The zero-order valence-electron chi connectivity index (χ0n) is 18.0. The molecule has 4 nitrogen and oxygen atoms in total. The Morgan fingerprint density at radius 3 is 2.41 bits per heavy atom. The van der Waals surface area contributed by atoms with Crippen molar-refractivity contribution in [1.82, 2.24) is 9.91 Å². The molecule has 0 N–H and O–H groups in total. The third kappa shape index (κ3) is 3.54. The second-order valence-corrected chi connectivity index (χ2v) is 9.89. The summed E-state index contributed by atoms with van der Waals surface area (Å²) in [5.41, 5.74) is 4.57. The van der Waals surface area contributed by atoms with E-state index in [1.807, 2.05) is 0 Å². The molecule has 3 aromatic rings. The molecule has 3 heterocycles. The Kier molecular flexibility index (Phi) is 5.04. The predicted molar refractivity (Wildman–Crippen MR) is 131 cm³/mol. The molecule has 5 heteroatoms. The van der Waals surface area contributed by atoms with Gasteiger partial charge >= 0.3 is 0 Å². The van der Waals surface area contributed by atoms with Crippen LogP contribution in [-0.4, -0.2) is 34.4 Å². The highest BCUT2D eigenvalue weighted by Crippen LogP contribution is 2.50. The lowest BCUT2D eigenvalue weighted by molar-refractivity contribution is -0.150. The molecule has 6 rings (SSSR count). The number of ether oxygens (including phenoxy) is 1. The van der Waals surface area contributed by atoms with Crippen LogP contribution in [0.5, 0.6) is 5.75 Å². The Morgan fingerprint density at radius 1 is 0.938 bits per heavy atom. The van der Waals surface area contributed by atoms with Gasteiger partial charge in [-0.15, -0.1) is 0 Å². The summed E-state index contributed by atoms with van der Waals surface area (Å²) in [6, 6.07) is 27.9. The number of fused-ring (bicyclic) bond motifs is 4. The van der Waals surface area contributed by atoms with Gasteiger partial charge in [-0.2, -0.15) is 5.10 Å². The smallest absolute Gasteiger partial charge is 0.200 e. The molecule has 1 fully saturated rings. The first-order chi connectivity index (χ1) is 15.7. The molecule has 32 heavy (non-hydrogen) atoms. The van der Waals surface area contributed by atoms with Gasteiger partial charge in [0.1, 0.15) is 5.75 Å². The summed E-state index contributed by atoms with van der Waals surface area (Å²) in [6.07, 6.45) is 2.79. The Hall–Kier alpha value is -2.63. The van der Waals surface area contributed by atoms with E-state index in [0.29, 0.717) is 0 Å². The van der Waals surface area contributed by atoms with Gasteiger partial charge in [-0.25, -0.2) is 5.01 Å². The molecule has 0 unspecified atom stereocenters. The molecule has 1 spiro atoms. The first-order valence-corrected chi connectivity index (χ1v) is 12.2. The molecule has 0 saturated carbocycles. The predicted octanol–water partition coefficient (Wildman–Crippen LogP) is 5.98. The van der Waals surface area contributed by atoms with Crippen LogP contribution in [-0.2, 0) is 6.54 Å². The van der Waals surface area contributed by atoms with E-state index in [-0.39, 0.29) is 11.8 Å². The molecule has 3 aliphatic heterocycles. The highest BCUT2D eigenvalue weighted by atomic mass is 79.9. The molecule has 162 valence electrons. The van der Waals surface area contributed by atoms with Gasteiger partial charge in [-0.05, 0) is 29.3 Å². The number of likely N-dealkylation sites (tertiary alicyclic amines) is 1. The molecular formula is C27H26BrN3O. The standard InChI is InChI=1S/C27H26BrN3O/c28-22-11-12-26-23(17-22)25-18-24(21-9-5-2-6-10-21)29-31(25)27(32-26)13-15-30(16-14-27)19-20-7-3-1-4-8-20/h1-12,17,25H,13-16,18-19H2/t25-/m1/s1. The Labute approximate surface area is 197 Å². The molecule has 1 atom stereocenters. The average Bonchev–Trinajstić information content (AvgIpc) is 3.30. The molecule has 3 aromatic carbocycles. The Balaban J connectivity index is 1.31. The fraction of sp³-hybridized carbons (Fsp3) is 0.296. The van der Waals surface area contributed by atoms with E-state index in [9.17, 15) is 0 Å². The third-order valence-electron chi connectivity index (χ3n) is 6.95. The van der Waals surface area contributed by atoms with E-state index in [0.717, 1.165) is 54.8 Å². The first kappa shape index (κ1) is 20.0. The topological polar surface area (TPSA) is 28.1 Å². The van der Waals surface area contributed by atoms with Crippen molar-refractivity contribution in [2.45, 2.75) is 37.6 Å². The summed E-state index contributed by atoms with van der Waals surface area (Å²) in [5.74, 6) is 1.01. The number of nitrogens with zero attached hydrogens (tertiary/aromatic N) is 3. The van der Waals surface area contributed by atoms with Crippen molar-refractivity contribution in [2.24, 2.45) is 5.10 Å². The summed E-state index contributed by atoms with van der Waals surface area (Å²) in [7, 11) is 0. The van der Waals surface area contributed by atoms with Crippen LogP contribution in [0.3, 0.4) is 0 Å². The van der Waals surface area contributed by atoms with Crippen LogP contribution in [0, 0.1) is 0 Å². The van der Waals surface area contributed by atoms with Crippen LogP contribution < -0.4 is 4.74 Å². The lowest BCUT2D eigenvalue weighted by atomic mass is 9.90. The lowest BCUT2D eigenvalue weighted by Gasteiger charge is -2.51. The number of rotatable bonds is 3. The van der Waals surface area contributed by atoms with Gasteiger partial charge in [0.15, 0.2) is 0 Å². The number of halogens is 1. The highest BCUT2D eigenvalue weighted by molar-refractivity contribution is 9.10. The minimum atomic E-state index is -0.380. The number of hydrazone groups is 1. The second kappa shape index (κ2) is 8.05. The maximum Gasteiger partial charge on any atom is 0.200 e. The quantitative estimate of drug-likeness (QED) is 0.454. The molecular weight excluding hydrogens is 462 g/mol. The number of benzene rings is 3. The number of hydrogen-bond donors (Lipinski definition) is 0. The van der Waals surface area contributed by atoms with Crippen LogP contribution in [0.25, 0.3) is 0 Å². The van der Waals surface area contributed by atoms with E-state index >= 15 is 0 Å². The van der Waals surface area contributed by atoms with Gasteiger partial charge in [0.2, 0.25) is 5.72 Å². The summed E-state index contributed by atoms with van der Waals surface area (Å²) in [5, 5.41) is 7.48. The SMILES string of the molecule is Brc1ccc2c(c1)[C@H]1CC(c3ccccc3)=NN1C1(CCN(Cc3ccccc3)CC1)O2. The molecule has 1 saturated heterocycles. The molecule has 0 bridgehead atoms. The van der Waals surface area contributed by atoms with Crippen molar-refractivity contribution < 1.29 is 4.74 Å². The summed E-state index contributed by atoms with van der Waals surface area (Å²) >= 11 is 3.66. The number of hydrogen-bond acceptors (Lipinski definition) is 4. The van der Waals surface area contributed by atoms with Crippen LogP contribution >= 0.6 is 15.9 Å². The molecule has 0 aliphatic carbocycles. The van der Waals surface area contributed by atoms with Crippen molar-refractivity contribution in [3.63, 3.8) is 0 Å². The van der Waals surface area contributed by atoms with E-state index in [4.69, 9.17) is 9.84 Å². The van der Waals surface area contributed by atoms with E-state index in [2.05, 4.69) is 105 Å². The van der Waals surface area contributed by atoms with Crippen molar-refractivity contribution in [3.8, 4) is 5.75 Å². The van der Waals surface area contributed by atoms with Gasteiger partial charge in [0.25, 0.3) is 0 Å². The van der Waals surface area contributed by atoms with Gasteiger partial charge in [-0.1, -0.05) is 76.6 Å². The maximum absolute atomic E-state index is 6.78. The maximum atomic E-state index is 6.78. The normalized spacial score (nSPS) is 21.6. The minimum Gasteiger partial charge on any atom is -0.466 e. The Bertz CT molecular complexity index is 1140. The first-order valence-electron chi connectivity index (χ1n) is 11.4. The summed E-state index contributed by atoms with van der Waals surface area (Å²) in [6.45, 7) is 2.99. The second-order valence-electron chi connectivity index (χ2n) is 8.97. The van der Waals surface area contributed by atoms with Crippen LogP contribution in [0.1, 0.15) is 42.0 Å². The van der Waals surface area contributed by atoms with Crippen molar-refractivity contribution in [3.05, 3.63) is 100 Å². The molecule has 0 radical (unpaired) electrons. The molecule has 0 aromatic heterocycles. The zero-order chi connectivity index (χ0) is 21.5. The average molecular weight is 488 g/mol. The van der Waals surface area contributed by atoms with E-state index in [1.165, 1.54) is 16.7 Å². The van der Waals surface area contributed by atoms with Crippen molar-refractivity contribution in [1.29, 1.82) is 0 Å². The molecule has 3 aliphatic rings. The number of piperidine rings is 1. The highest BCUT2D eigenvalue weighted by Gasteiger charge is 2.51. The van der Waals surface area contributed by atoms with Crippen LogP contribution in [0.2, 0.25) is 0 Å². The van der Waals surface area contributed by atoms with Gasteiger partial charge in [0, 0.05) is 48.9 Å². The van der Waals surface area contributed by atoms with Gasteiger partial charge in [0.05, 0.1) is 11.8 Å². The van der Waals surface area contributed by atoms with Crippen molar-refractivity contribution >= 4 is 21.6 Å².